The van der Waals surface area contributed by atoms with E-state index < -0.39 is 0 Å². The number of nitrogens with zero attached hydrogens (tertiary/aromatic N) is 2. The lowest BCUT2D eigenvalue weighted by molar-refractivity contribution is -0.131. The van der Waals surface area contributed by atoms with Gasteiger partial charge in [0.05, 0.1) is 23.2 Å². The topological polar surface area (TPSA) is 33.2 Å². The van der Waals surface area contributed by atoms with Gasteiger partial charge in [0.25, 0.3) is 0 Å². The van der Waals surface area contributed by atoms with Crippen LogP contribution in [0.15, 0.2) is 22.2 Å². The molecule has 1 amide bonds. The predicted molar refractivity (Wildman–Crippen MR) is 87.9 cm³/mol. The molecule has 1 atom stereocenters. The summed E-state index contributed by atoms with van der Waals surface area (Å²) in [6.45, 7) is 5.15. The maximum Gasteiger partial charge on any atom is 0.229 e. The Morgan fingerprint density at radius 3 is 3.00 bits per heavy atom. The fourth-order valence-corrected chi connectivity index (χ4v) is 4.34. The van der Waals surface area contributed by atoms with Crippen LogP contribution in [0, 0.1) is 0 Å². The molecular formula is C16H20N2OS2. The number of thiazole rings is 1. The molecule has 3 nitrogen and oxygen atoms in total. The minimum Gasteiger partial charge on any atom is -0.335 e. The smallest absolute Gasteiger partial charge is 0.229 e. The van der Waals surface area contributed by atoms with Gasteiger partial charge in [-0.3, -0.25) is 4.79 Å². The van der Waals surface area contributed by atoms with Gasteiger partial charge >= 0.3 is 0 Å². The zero-order valence-electron chi connectivity index (χ0n) is 12.4. The summed E-state index contributed by atoms with van der Waals surface area (Å²) < 4.78 is 0. The molecule has 0 saturated carbocycles. The lowest BCUT2D eigenvalue weighted by atomic mass is 10.1. The van der Waals surface area contributed by atoms with Gasteiger partial charge < -0.3 is 4.90 Å². The summed E-state index contributed by atoms with van der Waals surface area (Å²) >= 11 is 3.36. The predicted octanol–water partition coefficient (Wildman–Crippen LogP) is 4.23. The molecule has 0 aromatic carbocycles. The number of amides is 1. The summed E-state index contributed by atoms with van der Waals surface area (Å²) in [5, 5.41) is 7.40. The molecule has 5 heteroatoms. The zero-order valence-corrected chi connectivity index (χ0v) is 14.0. The Kier molecular flexibility index (Phi) is 4.40. The third-order valence-corrected chi connectivity index (χ3v) is 5.79. The Morgan fingerprint density at radius 2 is 2.33 bits per heavy atom. The standard InChI is InChI=1S/C16H20N2OS2/c1-11(2)16-17-13(10-21-16)8-15(19)18-6-3-4-14(18)12-5-7-20-9-12/h5,7,9-11,14H,3-4,6,8H2,1-2H3/t14-/m0/s1. The normalized spacial score (nSPS) is 18.6. The van der Waals surface area contributed by atoms with Crippen molar-refractivity contribution < 1.29 is 4.79 Å². The van der Waals surface area contributed by atoms with Gasteiger partial charge in [0.2, 0.25) is 5.91 Å². The molecule has 21 heavy (non-hydrogen) atoms. The highest BCUT2D eigenvalue weighted by Gasteiger charge is 2.30. The van der Waals surface area contributed by atoms with Crippen LogP contribution in [0.2, 0.25) is 0 Å². The molecule has 2 aromatic rings. The summed E-state index contributed by atoms with van der Waals surface area (Å²) in [6.07, 6.45) is 2.61. The number of likely N-dealkylation sites (tertiary alicyclic amines) is 1. The van der Waals surface area contributed by atoms with Gasteiger partial charge in [-0.2, -0.15) is 11.3 Å². The van der Waals surface area contributed by atoms with Crippen LogP contribution >= 0.6 is 22.7 Å². The van der Waals surface area contributed by atoms with E-state index >= 15 is 0 Å². The second kappa shape index (κ2) is 6.28. The van der Waals surface area contributed by atoms with Gasteiger partial charge in [-0.1, -0.05) is 13.8 Å². The molecule has 0 spiro atoms. The first-order chi connectivity index (χ1) is 10.1. The Balaban J connectivity index is 1.69. The van der Waals surface area contributed by atoms with Crippen molar-refractivity contribution in [2.45, 2.75) is 45.1 Å². The van der Waals surface area contributed by atoms with Gasteiger partial charge in [-0.15, -0.1) is 11.3 Å². The van der Waals surface area contributed by atoms with E-state index in [1.807, 2.05) is 10.3 Å². The summed E-state index contributed by atoms with van der Waals surface area (Å²) in [6, 6.07) is 2.41. The summed E-state index contributed by atoms with van der Waals surface area (Å²) in [4.78, 5) is 19.2. The Hall–Kier alpha value is -1.20. The molecule has 0 aliphatic carbocycles. The largest absolute Gasteiger partial charge is 0.335 e. The van der Waals surface area contributed by atoms with E-state index in [2.05, 4.69) is 35.7 Å². The Labute approximate surface area is 133 Å². The monoisotopic (exact) mass is 320 g/mol. The number of rotatable bonds is 4. The molecule has 1 aliphatic heterocycles. The molecule has 0 N–H and O–H groups in total. The van der Waals surface area contributed by atoms with E-state index in [0.717, 1.165) is 30.1 Å². The minimum atomic E-state index is 0.212. The van der Waals surface area contributed by atoms with E-state index in [1.165, 1.54) is 5.56 Å². The maximum atomic E-state index is 12.6. The molecule has 1 fully saturated rings. The van der Waals surface area contributed by atoms with Crippen LogP contribution in [-0.4, -0.2) is 22.3 Å². The molecule has 3 heterocycles. The van der Waals surface area contributed by atoms with Gasteiger partial charge in [0.15, 0.2) is 0 Å². The molecule has 1 aliphatic rings. The number of aromatic nitrogens is 1. The van der Waals surface area contributed by atoms with Gasteiger partial charge in [-0.05, 0) is 35.2 Å². The van der Waals surface area contributed by atoms with E-state index in [1.54, 1.807) is 22.7 Å². The molecular weight excluding hydrogens is 300 g/mol. The highest BCUT2D eigenvalue weighted by Crippen LogP contribution is 2.33. The van der Waals surface area contributed by atoms with Gasteiger partial charge in [-0.25, -0.2) is 4.98 Å². The van der Waals surface area contributed by atoms with Crippen molar-refractivity contribution >= 4 is 28.6 Å². The first-order valence-corrected chi connectivity index (χ1v) is 9.23. The summed E-state index contributed by atoms with van der Waals surface area (Å²) in [5.41, 5.74) is 2.21. The minimum absolute atomic E-state index is 0.212. The Morgan fingerprint density at radius 1 is 1.48 bits per heavy atom. The van der Waals surface area contributed by atoms with Crippen LogP contribution < -0.4 is 0 Å². The quantitative estimate of drug-likeness (QED) is 0.844. The van der Waals surface area contributed by atoms with Crippen molar-refractivity contribution in [2.75, 3.05) is 6.54 Å². The SMILES string of the molecule is CC(C)c1nc(CC(=O)N2CCC[C@H]2c2ccsc2)cs1. The van der Waals surface area contributed by atoms with Crippen molar-refractivity contribution in [3.8, 4) is 0 Å². The number of hydrogen-bond donors (Lipinski definition) is 0. The maximum absolute atomic E-state index is 12.6. The first-order valence-electron chi connectivity index (χ1n) is 7.41. The molecule has 112 valence electrons. The van der Waals surface area contributed by atoms with E-state index in [0.29, 0.717) is 12.3 Å². The third-order valence-electron chi connectivity index (χ3n) is 3.90. The van der Waals surface area contributed by atoms with Gasteiger partial charge in [0.1, 0.15) is 0 Å². The number of hydrogen-bond acceptors (Lipinski definition) is 4. The van der Waals surface area contributed by atoms with Crippen LogP contribution in [0.25, 0.3) is 0 Å². The van der Waals surface area contributed by atoms with Crippen molar-refractivity contribution in [1.29, 1.82) is 0 Å². The fourth-order valence-electron chi connectivity index (χ4n) is 2.80. The van der Waals surface area contributed by atoms with Crippen molar-refractivity contribution in [3.63, 3.8) is 0 Å². The summed E-state index contributed by atoms with van der Waals surface area (Å²) in [5.74, 6) is 0.647. The second-order valence-corrected chi connectivity index (χ2v) is 7.48. The molecule has 3 rings (SSSR count). The van der Waals surface area contributed by atoms with E-state index in [-0.39, 0.29) is 11.9 Å². The number of carbonyl (C=O) groups is 1. The molecule has 2 aromatic heterocycles. The fraction of sp³-hybridized carbons (Fsp3) is 0.500. The third kappa shape index (κ3) is 3.19. The van der Waals surface area contributed by atoms with Gasteiger partial charge in [0, 0.05) is 17.8 Å². The molecule has 1 saturated heterocycles. The summed E-state index contributed by atoms with van der Waals surface area (Å²) in [7, 11) is 0. The first kappa shape index (κ1) is 14.7. The second-order valence-electron chi connectivity index (χ2n) is 5.81. The van der Waals surface area contributed by atoms with E-state index in [9.17, 15) is 4.79 Å². The number of thiophene rings is 1. The van der Waals surface area contributed by atoms with Crippen LogP contribution in [0.3, 0.4) is 0 Å². The van der Waals surface area contributed by atoms with Crippen molar-refractivity contribution in [1.82, 2.24) is 9.88 Å². The van der Waals surface area contributed by atoms with Crippen LogP contribution in [0.1, 0.15) is 54.9 Å². The average Bonchev–Trinajstić information content (AvgIpc) is 3.19. The number of carbonyl (C=O) groups excluding carboxylic acids is 1. The highest BCUT2D eigenvalue weighted by molar-refractivity contribution is 7.09. The molecule has 0 unspecified atom stereocenters. The lowest BCUT2D eigenvalue weighted by Gasteiger charge is -2.24. The van der Waals surface area contributed by atoms with Crippen LogP contribution in [0.4, 0.5) is 0 Å². The zero-order chi connectivity index (χ0) is 14.8. The Bertz CT molecular complexity index is 604. The van der Waals surface area contributed by atoms with Crippen LogP contribution in [-0.2, 0) is 11.2 Å². The van der Waals surface area contributed by atoms with Crippen LogP contribution in [0.5, 0.6) is 0 Å². The van der Waals surface area contributed by atoms with E-state index in [4.69, 9.17) is 0 Å². The van der Waals surface area contributed by atoms with Crippen molar-refractivity contribution in [3.05, 3.63) is 38.5 Å². The molecule has 0 radical (unpaired) electrons. The highest BCUT2D eigenvalue weighted by atomic mass is 32.1. The molecule has 0 bridgehead atoms. The average molecular weight is 320 g/mol. The lowest BCUT2D eigenvalue weighted by Crippen LogP contribution is -2.31. The van der Waals surface area contributed by atoms with Crippen molar-refractivity contribution in [2.24, 2.45) is 0 Å².